The number of nitrogen functional groups attached to an aromatic ring is 1. The fourth-order valence-corrected chi connectivity index (χ4v) is 3.76. The summed E-state index contributed by atoms with van der Waals surface area (Å²) in [4.78, 5) is 25.5. The van der Waals surface area contributed by atoms with E-state index in [4.69, 9.17) is 32.7 Å². The zero-order chi connectivity index (χ0) is 25.8. The zero-order valence-electron chi connectivity index (χ0n) is 20.4. The van der Waals surface area contributed by atoms with Crippen LogP contribution in [0.4, 0.5) is 16.2 Å². The Balaban J connectivity index is 2.48. The summed E-state index contributed by atoms with van der Waals surface area (Å²) in [5, 5.41) is 11.4. The number of aliphatic carboxylic acids is 1. The third kappa shape index (κ3) is 6.91. The molecule has 5 N–H and O–H groups in total. The lowest BCUT2D eigenvalue weighted by Crippen LogP contribution is -2.33. The largest absolute Gasteiger partial charge is 0.494 e. The fourth-order valence-electron chi connectivity index (χ4n) is 3.58. The molecule has 0 saturated carbocycles. The Morgan fingerprint density at radius 2 is 1.79 bits per heavy atom. The first kappa shape index (κ1) is 27.1. The normalized spacial score (nSPS) is 12.1. The van der Waals surface area contributed by atoms with E-state index < -0.39 is 23.6 Å². The van der Waals surface area contributed by atoms with Gasteiger partial charge in [0.1, 0.15) is 17.0 Å². The first-order valence-electron chi connectivity index (χ1n) is 10.6. The predicted octanol–water partition coefficient (Wildman–Crippen LogP) is 4.21. The predicted molar refractivity (Wildman–Crippen MR) is 133 cm³/mol. The maximum absolute atomic E-state index is 12.4. The van der Waals surface area contributed by atoms with Crippen molar-refractivity contribution in [2.24, 2.45) is 5.84 Å². The van der Waals surface area contributed by atoms with E-state index in [2.05, 4.69) is 0 Å². The van der Waals surface area contributed by atoms with Crippen molar-refractivity contribution in [2.45, 2.75) is 45.3 Å². The molecule has 0 saturated heterocycles. The fraction of sp³-hybridized carbons (Fsp3) is 0.417. The van der Waals surface area contributed by atoms with Crippen molar-refractivity contribution >= 4 is 35.0 Å². The van der Waals surface area contributed by atoms with E-state index in [0.717, 1.165) is 0 Å². The second-order valence-electron chi connectivity index (χ2n) is 9.11. The van der Waals surface area contributed by atoms with Gasteiger partial charge >= 0.3 is 12.1 Å². The van der Waals surface area contributed by atoms with Crippen LogP contribution in [0.3, 0.4) is 0 Å². The molecule has 1 atom stereocenters. The monoisotopic (exact) mass is 492 g/mol. The average molecular weight is 493 g/mol. The molecule has 0 bridgehead atoms. The highest BCUT2D eigenvalue weighted by atomic mass is 35.5. The maximum atomic E-state index is 12.4. The summed E-state index contributed by atoms with van der Waals surface area (Å²) in [6.07, 6.45) is -0.682. The number of carboxylic acids is 1. The lowest BCUT2D eigenvalue weighted by molar-refractivity contribution is -0.137. The van der Waals surface area contributed by atoms with E-state index in [0.29, 0.717) is 38.8 Å². The number of benzene rings is 2. The average Bonchev–Trinajstić information content (AvgIpc) is 2.71. The number of carboxylic acid groups (broad SMARTS) is 1. The van der Waals surface area contributed by atoms with Crippen molar-refractivity contribution in [3.8, 4) is 5.75 Å². The lowest BCUT2D eigenvalue weighted by Gasteiger charge is -2.26. The molecular weight excluding hydrogens is 460 g/mol. The van der Waals surface area contributed by atoms with E-state index in [9.17, 15) is 14.7 Å². The van der Waals surface area contributed by atoms with Gasteiger partial charge < -0.3 is 30.2 Å². The van der Waals surface area contributed by atoms with Gasteiger partial charge in [-0.25, -0.2) is 10.6 Å². The van der Waals surface area contributed by atoms with Gasteiger partial charge in [-0.2, -0.15) is 0 Å². The Morgan fingerprint density at radius 1 is 1.15 bits per heavy atom. The van der Waals surface area contributed by atoms with Crippen molar-refractivity contribution in [3.63, 3.8) is 0 Å². The topological polar surface area (TPSA) is 131 Å². The Labute approximate surface area is 205 Å². The summed E-state index contributed by atoms with van der Waals surface area (Å²) in [5.74, 6) is 4.77. The van der Waals surface area contributed by atoms with Gasteiger partial charge in [-0.15, -0.1) is 0 Å². The first-order chi connectivity index (χ1) is 15.7. The number of nitrogens with zero attached hydrogens (tertiary/aromatic N) is 2. The molecule has 2 rings (SSSR count). The van der Waals surface area contributed by atoms with Gasteiger partial charge in [0, 0.05) is 25.0 Å². The van der Waals surface area contributed by atoms with Crippen LogP contribution in [-0.4, -0.2) is 48.9 Å². The molecule has 34 heavy (non-hydrogen) atoms. The molecule has 10 heteroatoms. The molecule has 186 valence electrons. The minimum absolute atomic E-state index is 0.184. The van der Waals surface area contributed by atoms with Gasteiger partial charge in [-0.1, -0.05) is 23.7 Å². The standard InChI is InChI=1S/C24H33ClN4O5/c1-24(2,3)34-23(32)28(4)13-16-9-14(7-8-18(16)25)17(12-21(30)31)15-10-19(26)22(29(5)27)20(11-15)33-6/h7-11,17H,12-13,26-27H2,1-6H3,(H,30,31). The summed E-state index contributed by atoms with van der Waals surface area (Å²) < 4.78 is 10.9. The summed E-state index contributed by atoms with van der Waals surface area (Å²) in [6.45, 7) is 5.55. The summed E-state index contributed by atoms with van der Waals surface area (Å²) in [5.41, 5.74) is 8.45. The van der Waals surface area contributed by atoms with Crippen molar-refractivity contribution < 1.29 is 24.2 Å². The Kier molecular flexibility index (Phi) is 8.63. The number of hydrazine groups is 1. The number of methoxy groups -OCH3 is 1. The molecule has 1 unspecified atom stereocenters. The maximum Gasteiger partial charge on any atom is 0.410 e. The van der Waals surface area contributed by atoms with Crippen LogP contribution in [0.5, 0.6) is 5.75 Å². The van der Waals surface area contributed by atoms with Crippen LogP contribution in [0.1, 0.15) is 49.8 Å². The van der Waals surface area contributed by atoms with Crippen LogP contribution in [0.25, 0.3) is 0 Å². The highest BCUT2D eigenvalue weighted by Gasteiger charge is 2.24. The molecule has 0 radical (unpaired) electrons. The van der Waals surface area contributed by atoms with Crippen LogP contribution in [0, 0.1) is 0 Å². The van der Waals surface area contributed by atoms with Crippen molar-refractivity contribution in [1.82, 2.24) is 4.90 Å². The van der Waals surface area contributed by atoms with E-state index in [1.165, 1.54) is 17.0 Å². The highest BCUT2D eigenvalue weighted by Crippen LogP contribution is 2.39. The third-order valence-corrected chi connectivity index (χ3v) is 5.43. The number of amides is 1. The Bertz CT molecular complexity index is 1050. The molecule has 0 heterocycles. The summed E-state index contributed by atoms with van der Waals surface area (Å²) in [7, 11) is 4.74. The number of carbonyl (C=O) groups excluding carboxylic acids is 1. The van der Waals surface area contributed by atoms with E-state index in [1.54, 1.807) is 65.2 Å². The van der Waals surface area contributed by atoms with Gasteiger partial charge in [-0.3, -0.25) is 4.79 Å². The van der Waals surface area contributed by atoms with Crippen LogP contribution < -0.4 is 21.3 Å². The first-order valence-corrected chi connectivity index (χ1v) is 11.0. The van der Waals surface area contributed by atoms with Crippen LogP contribution >= 0.6 is 11.6 Å². The van der Waals surface area contributed by atoms with Gasteiger partial charge in [0.05, 0.1) is 25.8 Å². The van der Waals surface area contributed by atoms with Crippen molar-refractivity contribution in [2.75, 3.05) is 31.9 Å². The number of rotatable bonds is 8. The molecule has 0 aliphatic carbocycles. The van der Waals surface area contributed by atoms with Crippen molar-refractivity contribution in [3.05, 3.63) is 52.0 Å². The lowest BCUT2D eigenvalue weighted by atomic mass is 9.87. The second-order valence-corrected chi connectivity index (χ2v) is 9.52. The Morgan fingerprint density at radius 3 is 2.32 bits per heavy atom. The van der Waals surface area contributed by atoms with Gasteiger partial charge in [-0.05, 0) is 55.7 Å². The number of carbonyl (C=O) groups is 2. The molecule has 0 spiro atoms. The van der Waals surface area contributed by atoms with Crippen molar-refractivity contribution in [1.29, 1.82) is 0 Å². The van der Waals surface area contributed by atoms with Gasteiger partial charge in [0.2, 0.25) is 0 Å². The summed E-state index contributed by atoms with van der Waals surface area (Å²) >= 11 is 6.41. The Hall–Kier alpha value is -3.17. The van der Waals surface area contributed by atoms with E-state index in [1.807, 2.05) is 0 Å². The molecule has 2 aromatic rings. The van der Waals surface area contributed by atoms with Gasteiger partial charge in [0.15, 0.2) is 0 Å². The minimum Gasteiger partial charge on any atom is -0.494 e. The molecule has 2 aromatic carbocycles. The van der Waals surface area contributed by atoms with Crippen LogP contribution in [0.2, 0.25) is 5.02 Å². The molecular formula is C24H33ClN4O5. The molecule has 0 fully saturated rings. The quantitative estimate of drug-likeness (QED) is 0.283. The number of hydrogen-bond acceptors (Lipinski definition) is 7. The third-order valence-electron chi connectivity index (χ3n) is 5.07. The van der Waals surface area contributed by atoms with E-state index >= 15 is 0 Å². The SMILES string of the molecule is COc1cc(C(CC(=O)O)c2ccc(Cl)c(CN(C)C(=O)OC(C)(C)C)c2)cc(N)c1N(C)N. The highest BCUT2D eigenvalue weighted by molar-refractivity contribution is 6.31. The second kappa shape index (κ2) is 10.8. The van der Waals surface area contributed by atoms with Crippen LogP contribution in [-0.2, 0) is 16.1 Å². The number of halogens is 1. The molecule has 0 aliphatic rings. The molecule has 9 nitrogen and oxygen atoms in total. The minimum atomic E-state index is -0.982. The molecule has 1 amide bonds. The number of ether oxygens (including phenoxy) is 2. The number of hydrogen-bond donors (Lipinski definition) is 3. The number of anilines is 2. The molecule has 0 aliphatic heterocycles. The zero-order valence-corrected chi connectivity index (χ0v) is 21.1. The van der Waals surface area contributed by atoms with Crippen LogP contribution in [0.15, 0.2) is 30.3 Å². The van der Waals surface area contributed by atoms with E-state index in [-0.39, 0.29) is 13.0 Å². The molecule has 0 aromatic heterocycles. The smallest absolute Gasteiger partial charge is 0.410 e. The summed E-state index contributed by atoms with van der Waals surface area (Å²) in [6, 6.07) is 8.66. The number of nitrogens with two attached hydrogens (primary N) is 2. The van der Waals surface area contributed by atoms with Gasteiger partial charge in [0.25, 0.3) is 0 Å².